The molecule has 2 heterocycles. The molecule has 2 unspecified atom stereocenters. The van der Waals surface area contributed by atoms with E-state index >= 15 is 0 Å². The molecular formula is C17H19N3O3. The van der Waals surface area contributed by atoms with Crippen molar-refractivity contribution in [1.29, 1.82) is 0 Å². The highest BCUT2D eigenvalue weighted by atomic mass is 16.6. The molecule has 0 bridgehead atoms. The van der Waals surface area contributed by atoms with E-state index in [0.717, 1.165) is 43.1 Å². The standard InChI is InChI=1S/C17H19N3O3/c18-17(4-1-5-17)16-19-15(23-20-16)12-9-11(12)10-2-3-13-14(8-10)22-7-6-21-13/h2-3,8,11-12H,1,4-7,9,18H2. The minimum atomic E-state index is -0.358. The summed E-state index contributed by atoms with van der Waals surface area (Å²) in [6.07, 6.45) is 4.06. The second kappa shape index (κ2) is 4.71. The SMILES string of the molecule is NC1(c2noc(C3CC3c3ccc4c(c3)OCCO4)n2)CCC1. The fourth-order valence-electron chi connectivity index (χ4n) is 3.50. The molecule has 23 heavy (non-hydrogen) atoms. The molecule has 0 saturated heterocycles. The fourth-order valence-corrected chi connectivity index (χ4v) is 3.50. The molecular weight excluding hydrogens is 294 g/mol. The molecule has 2 fully saturated rings. The van der Waals surface area contributed by atoms with Gasteiger partial charge in [-0.1, -0.05) is 11.2 Å². The van der Waals surface area contributed by atoms with E-state index in [1.54, 1.807) is 0 Å². The lowest BCUT2D eigenvalue weighted by atomic mass is 9.77. The second-order valence-electron chi connectivity index (χ2n) is 6.82. The molecule has 1 aliphatic heterocycles. The zero-order valence-electron chi connectivity index (χ0n) is 12.8. The molecule has 1 aromatic heterocycles. The Bertz CT molecular complexity index is 753. The van der Waals surface area contributed by atoms with Crippen LogP contribution in [0.3, 0.4) is 0 Å². The van der Waals surface area contributed by atoms with Gasteiger partial charge in [0.25, 0.3) is 0 Å². The lowest BCUT2D eigenvalue weighted by Crippen LogP contribution is -2.44. The quantitative estimate of drug-likeness (QED) is 0.937. The summed E-state index contributed by atoms with van der Waals surface area (Å²) in [4.78, 5) is 4.57. The van der Waals surface area contributed by atoms with Crippen LogP contribution < -0.4 is 15.2 Å². The van der Waals surface area contributed by atoms with Gasteiger partial charge >= 0.3 is 0 Å². The molecule has 0 spiro atoms. The van der Waals surface area contributed by atoms with Crippen molar-refractivity contribution in [3.8, 4) is 11.5 Å². The maximum absolute atomic E-state index is 6.26. The van der Waals surface area contributed by atoms with E-state index in [9.17, 15) is 0 Å². The minimum Gasteiger partial charge on any atom is -0.486 e. The molecule has 0 amide bonds. The van der Waals surface area contributed by atoms with Gasteiger partial charge in [-0.15, -0.1) is 0 Å². The van der Waals surface area contributed by atoms with Crippen LogP contribution in [0.2, 0.25) is 0 Å². The Morgan fingerprint density at radius 2 is 1.91 bits per heavy atom. The molecule has 5 rings (SSSR count). The van der Waals surface area contributed by atoms with E-state index in [-0.39, 0.29) is 5.54 Å². The Morgan fingerprint density at radius 1 is 1.09 bits per heavy atom. The number of hydrogen-bond acceptors (Lipinski definition) is 6. The van der Waals surface area contributed by atoms with Gasteiger partial charge in [0.2, 0.25) is 5.89 Å². The lowest BCUT2D eigenvalue weighted by molar-refractivity contribution is 0.171. The van der Waals surface area contributed by atoms with Crippen LogP contribution in [0.4, 0.5) is 0 Å². The van der Waals surface area contributed by atoms with Crippen molar-refractivity contribution in [2.45, 2.75) is 43.1 Å². The number of fused-ring (bicyclic) bond motifs is 1. The number of aromatic nitrogens is 2. The Labute approximate surface area is 134 Å². The molecule has 2 aliphatic carbocycles. The number of hydrogen-bond donors (Lipinski definition) is 1. The van der Waals surface area contributed by atoms with Crippen LogP contribution in [0.1, 0.15) is 54.8 Å². The first-order valence-corrected chi connectivity index (χ1v) is 8.25. The minimum absolute atomic E-state index is 0.294. The number of nitrogens with two attached hydrogens (primary N) is 1. The number of nitrogens with zero attached hydrogens (tertiary/aromatic N) is 2. The molecule has 1 aromatic carbocycles. The van der Waals surface area contributed by atoms with E-state index < -0.39 is 0 Å². The molecule has 6 nitrogen and oxygen atoms in total. The van der Waals surface area contributed by atoms with Gasteiger partial charge in [0.1, 0.15) is 13.2 Å². The summed E-state index contributed by atoms with van der Waals surface area (Å²) >= 11 is 0. The van der Waals surface area contributed by atoms with Gasteiger partial charge in [0, 0.05) is 5.92 Å². The van der Waals surface area contributed by atoms with Gasteiger partial charge in [-0.3, -0.25) is 0 Å². The highest BCUT2D eigenvalue weighted by molar-refractivity contribution is 5.46. The summed E-state index contributed by atoms with van der Waals surface area (Å²) in [7, 11) is 0. The molecule has 3 aliphatic rings. The first kappa shape index (κ1) is 13.4. The Balaban J connectivity index is 1.35. The zero-order valence-corrected chi connectivity index (χ0v) is 12.8. The largest absolute Gasteiger partial charge is 0.486 e. The molecule has 2 N–H and O–H groups in total. The second-order valence-corrected chi connectivity index (χ2v) is 6.82. The van der Waals surface area contributed by atoms with Crippen molar-refractivity contribution in [3.63, 3.8) is 0 Å². The molecule has 6 heteroatoms. The van der Waals surface area contributed by atoms with Gasteiger partial charge < -0.3 is 19.7 Å². The lowest BCUT2D eigenvalue weighted by Gasteiger charge is -2.34. The summed E-state index contributed by atoms with van der Waals surface area (Å²) < 4.78 is 16.7. The monoisotopic (exact) mass is 313 g/mol. The average molecular weight is 313 g/mol. The molecule has 2 saturated carbocycles. The Hall–Kier alpha value is -2.08. The van der Waals surface area contributed by atoms with Crippen molar-refractivity contribution >= 4 is 0 Å². The van der Waals surface area contributed by atoms with Crippen LogP contribution in [0.25, 0.3) is 0 Å². The highest BCUT2D eigenvalue weighted by Gasteiger charge is 2.46. The number of rotatable bonds is 3. The van der Waals surface area contributed by atoms with Gasteiger partial charge in [-0.05, 0) is 49.3 Å². The van der Waals surface area contributed by atoms with Crippen molar-refractivity contribution in [2.75, 3.05) is 13.2 Å². The third-order valence-electron chi connectivity index (χ3n) is 5.23. The van der Waals surface area contributed by atoms with Crippen LogP contribution in [0.5, 0.6) is 11.5 Å². The smallest absolute Gasteiger partial charge is 0.230 e. The molecule has 120 valence electrons. The van der Waals surface area contributed by atoms with Crippen molar-refractivity contribution in [1.82, 2.24) is 10.1 Å². The Kier molecular flexibility index (Phi) is 2.74. The van der Waals surface area contributed by atoms with Crippen molar-refractivity contribution < 1.29 is 14.0 Å². The number of ether oxygens (including phenoxy) is 2. The maximum Gasteiger partial charge on any atom is 0.230 e. The van der Waals surface area contributed by atoms with Crippen LogP contribution in [-0.2, 0) is 5.54 Å². The van der Waals surface area contributed by atoms with Gasteiger partial charge in [0.15, 0.2) is 17.3 Å². The topological polar surface area (TPSA) is 83.4 Å². The predicted molar refractivity (Wildman–Crippen MR) is 81.5 cm³/mol. The van der Waals surface area contributed by atoms with E-state index in [1.807, 2.05) is 6.07 Å². The zero-order chi connectivity index (χ0) is 15.4. The third-order valence-corrected chi connectivity index (χ3v) is 5.23. The van der Waals surface area contributed by atoms with Crippen LogP contribution in [0, 0.1) is 0 Å². The van der Waals surface area contributed by atoms with Gasteiger partial charge in [-0.2, -0.15) is 4.98 Å². The molecule has 2 aromatic rings. The van der Waals surface area contributed by atoms with Crippen LogP contribution >= 0.6 is 0 Å². The molecule has 2 atom stereocenters. The van der Waals surface area contributed by atoms with Gasteiger partial charge in [-0.25, -0.2) is 0 Å². The Morgan fingerprint density at radius 3 is 2.70 bits per heavy atom. The van der Waals surface area contributed by atoms with Gasteiger partial charge in [0.05, 0.1) is 5.54 Å². The summed E-state index contributed by atoms with van der Waals surface area (Å²) in [5.74, 6) is 3.76. The number of benzene rings is 1. The molecule has 0 radical (unpaired) electrons. The summed E-state index contributed by atoms with van der Waals surface area (Å²) in [6.45, 7) is 1.22. The van der Waals surface area contributed by atoms with Crippen molar-refractivity contribution in [3.05, 3.63) is 35.5 Å². The third kappa shape index (κ3) is 2.12. The van der Waals surface area contributed by atoms with Crippen LogP contribution in [0.15, 0.2) is 22.7 Å². The van der Waals surface area contributed by atoms with E-state index in [2.05, 4.69) is 22.3 Å². The van der Waals surface area contributed by atoms with E-state index in [4.69, 9.17) is 19.7 Å². The summed E-state index contributed by atoms with van der Waals surface area (Å²) in [5.41, 5.74) is 7.15. The van der Waals surface area contributed by atoms with E-state index in [1.165, 1.54) is 5.56 Å². The van der Waals surface area contributed by atoms with E-state index in [0.29, 0.717) is 30.9 Å². The average Bonchev–Trinajstić information content (AvgIpc) is 3.20. The first-order chi connectivity index (χ1) is 11.2. The normalized spacial score (nSPS) is 27.3. The summed E-state index contributed by atoms with van der Waals surface area (Å²) in [5, 5.41) is 4.11. The predicted octanol–water partition coefficient (Wildman–Crippen LogP) is 2.45. The summed E-state index contributed by atoms with van der Waals surface area (Å²) in [6, 6.07) is 6.17. The first-order valence-electron chi connectivity index (χ1n) is 8.25. The maximum atomic E-state index is 6.26. The fraction of sp³-hybridized carbons (Fsp3) is 0.529. The van der Waals surface area contributed by atoms with Crippen molar-refractivity contribution in [2.24, 2.45) is 5.73 Å². The highest BCUT2D eigenvalue weighted by Crippen LogP contribution is 2.55. The van der Waals surface area contributed by atoms with Crippen LogP contribution in [-0.4, -0.2) is 23.4 Å².